The molecule has 0 aliphatic heterocycles. The van der Waals surface area contributed by atoms with Crippen molar-refractivity contribution >= 4 is 13.7 Å². The minimum absolute atomic E-state index is 0.0590. The summed E-state index contributed by atoms with van der Waals surface area (Å²) in [5, 5.41) is 14.0. The topological polar surface area (TPSA) is 105 Å². The lowest BCUT2D eigenvalue weighted by Gasteiger charge is -2.25. The lowest BCUT2D eigenvalue weighted by molar-refractivity contribution is -0.870. The maximum Gasteiger partial charge on any atom is 0.472 e. The number of nitrogens with zero attached hydrogens (tertiary/aromatic N) is 1. The summed E-state index contributed by atoms with van der Waals surface area (Å²) in [5.41, 5.74) is 0. The van der Waals surface area contributed by atoms with Crippen molar-refractivity contribution in [1.29, 1.82) is 0 Å². The van der Waals surface area contributed by atoms with Crippen molar-refractivity contribution in [3.05, 3.63) is 24.3 Å². The van der Waals surface area contributed by atoms with E-state index in [2.05, 4.69) is 31.3 Å². The molecule has 0 rings (SSSR count). The molecule has 0 saturated carbocycles. The van der Waals surface area contributed by atoms with Gasteiger partial charge in [0.2, 0.25) is 5.91 Å². The van der Waals surface area contributed by atoms with E-state index in [4.69, 9.17) is 9.05 Å². The Labute approximate surface area is 494 Å². The van der Waals surface area contributed by atoms with E-state index in [0.717, 1.165) is 38.5 Å². The first-order valence-corrected chi connectivity index (χ1v) is 36.7. The van der Waals surface area contributed by atoms with E-state index < -0.39 is 20.0 Å². The van der Waals surface area contributed by atoms with Crippen LogP contribution in [0.25, 0.3) is 0 Å². The van der Waals surface area contributed by atoms with Crippen molar-refractivity contribution in [2.75, 3.05) is 40.9 Å². The molecular formula is C70H140N2O6P+. The number of carbonyl (C=O) groups is 1. The Kier molecular flexibility index (Phi) is 60.7. The van der Waals surface area contributed by atoms with Gasteiger partial charge in [-0.15, -0.1) is 0 Å². The van der Waals surface area contributed by atoms with Crippen molar-refractivity contribution in [2.45, 2.75) is 379 Å². The number of allylic oxidation sites excluding steroid dienone is 3. The van der Waals surface area contributed by atoms with Gasteiger partial charge in [-0.25, -0.2) is 4.57 Å². The van der Waals surface area contributed by atoms with Crippen LogP contribution in [0.4, 0.5) is 0 Å². The number of aliphatic hydroxyl groups is 1. The molecular weight excluding hydrogens is 996 g/mol. The molecule has 0 aromatic rings. The van der Waals surface area contributed by atoms with Crippen LogP contribution in [-0.4, -0.2) is 73.4 Å². The molecule has 0 aromatic carbocycles. The van der Waals surface area contributed by atoms with Gasteiger partial charge in [-0.2, -0.15) is 0 Å². The van der Waals surface area contributed by atoms with Crippen LogP contribution in [0.15, 0.2) is 24.3 Å². The van der Waals surface area contributed by atoms with Gasteiger partial charge in [0.05, 0.1) is 39.9 Å². The number of quaternary nitrogens is 1. The number of nitrogens with one attached hydrogen (secondary N) is 1. The summed E-state index contributed by atoms with van der Waals surface area (Å²) in [7, 11) is 1.57. The average Bonchev–Trinajstić information content (AvgIpc) is 3.42. The second kappa shape index (κ2) is 61.5. The molecule has 0 aromatic heterocycles. The summed E-state index contributed by atoms with van der Waals surface area (Å²) in [6, 6.07) is -0.861. The Morgan fingerprint density at radius 1 is 0.418 bits per heavy atom. The predicted octanol–water partition coefficient (Wildman–Crippen LogP) is 22.3. The van der Waals surface area contributed by atoms with Gasteiger partial charge in [0.25, 0.3) is 0 Å². The average molecular weight is 1140 g/mol. The summed E-state index contributed by atoms with van der Waals surface area (Å²) in [6.45, 7) is 4.86. The summed E-state index contributed by atoms with van der Waals surface area (Å²) in [6.07, 6.45) is 80.6. The highest BCUT2D eigenvalue weighted by Crippen LogP contribution is 2.43. The minimum Gasteiger partial charge on any atom is -0.387 e. The summed E-state index contributed by atoms with van der Waals surface area (Å²) < 4.78 is 23.8. The van der Waals surface area contributed by atoms with E-state index >= 15 is 0 Å². The summed E-state index contributed by atoms with van der Waals surface area (Å²) >= 11 is 0. The van der Waals surface area contributed by atoms with Gasteiger partial charge in [-0.05, 0) is 32.1 Å². The van der Waals surface area contributed by atoms with Gasteiger partial charge in [0, 0.05) is 6.42 Å². The van der Waals surface area contributed by atoms with Gasteiger partial charge in [-0.3, -0.25) is 13.8 Å². The number of amides is 1. The molecule has 0 fully saturated rings. The smallest absolute Gasteiger partial charge is 0.387 e. The first-order valence-electron chi connectivity index (χ1n) is 35.2. The van der Waals surface area contributed by atoms with Gasteiger partial charge < -0.3 is 19.8 Å². The fourth-order valence-electron chi connectivity index (χ4n) is 10.9. The van der Waals surface area contributed by atoms with E-state index in [0.29, 0.717) is 17.4 Å². The Morgan fingerprint density at radius 2 is 0.696 bits per heavy atom. The number of hydrogen-bond acceptors (Lipinski definition) is 5. The number of aliphatic hydroxyl groups excluding tert-OH is 1. The number of rotatable bonds is 66. The zero-order valence-electron chi connectivity index (χ0n) is 53.9. The highest BCUT2D eigenvalue weighted by Gasteiger charge is 2.28. The molecule has 0 saturated heterocycles. The molecule has 0 spiro atoms. The molecule has 3 atom stereocenters. The molecule has 470 valence electrons. The molecule has 3 N–H and O–H groups in total. The Balaban J connectivity index is 3.99. The monoisotopic (exact) mass is 1140 g/mol. The van der Waals surface area contributed by atoms with Crippen LogP contribution in [0.3, 0.4) is 0 Å². The van der Waals surface area contributed by atoms with Crippen LogP contribution in [0.2, 0.25) is 0 Å². The van der Waals surface area contributed by atoms with Gasteiger partial charge in [0.1, 0.15) is 13.2 Å². The zero-order valence-corrected chi connectivity index (χ0v) is 54.8. The van der Waals surface area contributed by atoms with Crippen LogP contribution in [-0.2, 0) is 18.4 Å². The van der Waals surface area contributed by atoms with Gasteiger partial charge in [0.15, 0.2) is 0 Å². The third-order valence-electron chi connectivity index (χ3n) is 16.4. The molecule has 0 aliphatic rings. The van der Waals surface area contributed by atoms with Crippen molar-refractivity contribution in [3.8, 4) is 0 Å². The van der Waals surface area contributed by atoms with Crippen LogP contribution < -0.4 is 5.32 Å². The van der Waals surface area contributed by atoms with E-state index in [1.165, 1.54) is 308 Å². The highest BCUT2D eigenvalue weighted by molar-refractivity contribution is 7.47. The number of phosphoric acid groups is 1. The molecule has 1 amide bonds. The lowest BCUT2D eigenvalue weighted by atomic mass is 10.0. The number of hydrogen-bond donors (Lipinski definition) is 3. The summed E-state index contributed by atoms with van der Waals surface area (Å²) in [4.78, 5) is 23.4. The second-order valence-electron chi connectivity index (χ2n) is 25.6. The van der Waals surface area contributed by atoms with Crippen LogP contribution in [0.1, 0.15) is 367 Å². The molecule has 0 bridgehead atoms. The molecule has 0 heterocycles. The SMILES string of the molecule is CCCCCCCCCCCCCCCCCC/C=C/CC/C=C/C(O)C(COP(=O)(O)OCC[N+](C)(C)C)NC(=O)CCCCCCCCCCCCCCCCCCCCCCCCCCCCCCCCCCCCC. The van der Waals surface area contributed by atoms with E-state index in [-0.39, 0.29) is 19.1 Å². The molecule has 8 nitrogen and oxygen atoms in total. The number of carbonyl (C=O) groups excluding carboxylic acids is 1. The molecule has 0 radical (unpaired) electrons. The third kappa shape index (κ3) is 64.4. The van der Waals surface area contributed by atoms with Gasteiger partial charge >= 0.3 is 7.82 Å². The Morgan fingerprint density at radius 3 is 1.01 bits per heavy atom. The first-order chi connectivity index (χ1) is 38.5. The first kappa shape index (κ1) is 78.0. The van der Waals surface area contributed by atoms with Crippen molar-refractivity contribution in [2.24, 2.45) is 0 Å². The predicted molar refractivity (Wildman–Crippen MR) is 346 cm³/mol. The maximum atomic E-state index is 13.0. The third-order valence-corrected chi connectivity index (χ3v) is 17.4. The highest BCUT2D eigenvalue weighted by atomic mass is 31.2. The fraction of sp³-hybridized carbons (Fsp3) is 0.929. The fourth-order valence-corrected chi connectivity index (χ4v) is 11.7. The number of phosphoric ester groups is 1. The summed E-state index contributed by atoms with van der Waals surface area (Å²) in [5.74, 6) is -0.178. The molecule has 9 heteroatoms. The molecule has 0 aliphatic carbocycles. The second-order valence-corrected chi connectivity index (χ2v) is 27.1. The van der Waals surface area contributed by atoms with E-state index in [9.17, 15) is 19.4 Å². The van der Waals surface area contributed by atoms with Crippen LogP contribution >= 0.6 is 7.82 Å². The quantitative estimate of drug-likeness (QED) is 0.0243. The number of likely N-dealkylation sites (N-methyl/N-ethyl adjacent to an activating group) is 1. The molecule has 3 unspecified atom stereocenters. The van der Waals surface area contributed by atoms with Crippen molar-refractivity contribution in [3.63, 3.8) is 0 Å². The largest absolute Gasteiger partial charge is 0.472 e. The minimum atomic E-state index is -4.36. The van der Waals surface area contributed by atoms with Crippen molar-refractivity contribution in [1.82, 2.24) is 5.32 Å². The van der Waals surface area contributed by atoms with Crippen LogP contribution in [0, 0.1) is 0 Å². The number of unbranched alkanes of at least 4 members (excludes halogenated alkanes) is 51. The standard InChI is InChI=1S/C70H139N2O6P/c1-6-8-10-12-14-16-18-20-22-24-26-28-30-31-32-33-34-35-36-37-38-39-40-41-42-44-46-48-50-52-54-56-58-60-62-64-70(74)71-68(67-78-79(75,76)77-66-65-72(3,4)5)69(73)63-61-59-57-55-53-51-49-47-45-43-29-27-25-23-21-19-17-15-13-11-9-7-2/h53,55,61,63,68-69,73H,6-52,54,56-60,62,64-67H2,1-5H3,(H-,71,74,75,76)/p+1/b55-53+,63-61+. The lowest BCUT2D eigenvalue weighted by Crippen LogP contribution is -2.45. The van der Waals surface area contributed by atoms with E-state index in [1.807, 2.05) is 27.2 Å². The zero-order chi connectivity index (χ0) is 57.7. The van der Waals surface area contributed by atoms with Crippen molar-refractivity contribution < 1.29 is 32.9 Å². The van der Waals surface area contributed by atoms with Gasteiger partial charge in [-0.1, -0.05) is 353 Å². The Hall–Kier alpha value is -1.02. The molecule has 79 heavy (non-hydrogen) atoms. The maximum absolute atomic E-state index is 13.0. The normalized spacial score (nSPS) is 13.8. The Bertz CT molecular complexity index is 1340. The van der Waals surface area contributed by atoms with Crippen LogP contribution in [0.5, 0.6) is 0 Å². The van der Waals surface area contributed by atoms with E-state index in [1.54, 1.807) is 6.08 Å².